The maximum absolute atomic E-state index is 13.0. The topological polar surface area (TPSA) is 94.2 Å². The number of amides is 1. The van der Waals surface area contributed by atoms with Crippen molar-refractivity contribution in [1.82, 2.24) is 14.8 Å². The first-order chi connectivity index (χ1) is 12.5. The van der Waals surface area contributed by atoms with Crippen LogP contribution in [-0.4, -0.2) is 25.6 Å². The molecule has 2 aromatic carbocycles. The van der Waals surface area contributed by atoms with Crippen LogP contribution in [0.1, 0.15) is 11.6 Å². The van der Waals surface area contributed by atoms with E-state index in [1.165, 1.54) is 17.0 Å². The monoisotopic (exact) mass is 369 g/mol. The first-order valence-corrected chi connectivity index (χ1v) is 8.12. The molecular weight excluding hydrogens is 358 g/mol. The fourth-order valence-corrected chi connectivity index (χ4v) is 3.29. The number of fused-ring (bicyclic) bond motifs is 3. The summed E-state index contributed by atoms with van der Waals surface area (Å²) < 4.78 is 1.73. The van der Waals surface area contributed by atoms with Gasteiger partial charge in [0.2, 0.25) is 5.91 Å². The van der Waals surface area contributed by atoms with E-state index in [0.29, 0.717) is 33.7 Å². The summed E-state index contributed by atoms with van der Waals surface area (Å²) >= 11 is 6.30. The molecule has 0 bridgehead atoms. The number of carbonyl (C=O) groups is 1. The van der Waals surface area contributed by atoms with E-state index in [0.717, 1.165) is 0 Å². The highest BCUT2D eigenvalue weighted by atomic mass is 35.5. The van der Waals surface area contributed by atoms with E-state index in [9.17, 15) is 14.9 Å². The van der Waals surface area contributed by atoms with Crippen LogP contribution in [0.2, 0.25) is 5.02 Å². The molecule has 0 fully saturated rings. The van der Waals surface area contributed by atoms with E-state index >= 15 is 0 Å². The first kappa shape index (κ1) is 16.2. The molecule has 0 radical (unpaired) electrons. The summed E-state index contributed by atoms with van der Waals surface area (Å²) in [6.45, 7) is 1.76. The summed E-state index contributed by atoms with van der Waals surface area (Å²) in [6, 6.07) is 11.2. The normalized spacial score (nSPS) is 13.2. The third kappa shape index (κ3) is 2.42. The molecular formula is C17H12ClN5O3. The van der Waals surface area contributed by atoms with Crippen LogP contribution >= 0.6 is 11.6 Å². The molecule has 8 nitrogen and oxygen atoms in total. The lowest BCUT2D eigenvalue weighted by Crippen LogP contribution is -2.27. The number of rotatable bonds is 2. The summed E-state index contributed by atoms with van der Waals surface area (Å²) in [5.41, 5.74) is 1.28. The van der Waals surface area contributed by atoms with Crippen molar-refractivity contribution in [3.05, 3.63) is 69.3 Å². The van der Waals surface area contributed by atoms with Gasteiger partial charge in [-0.2, -0.15) is 0 Å². The van der Waals surface area contributed by atoms with Gasteiger partial charge in [0.25, 0.3) is 5.69 Å². The molecule has 0 unspecified atom stereocenters. The lowest BCUT2D eigenvalue weighted by molar-refractivity contribution is -0.384. The zero-order chi connectivity index (χ0) is 18.4. The molecule has 1 amide bonds. The van der Waals surface area contributed by atoms with Crippen LogP contribution in [0, 0.1) is 17.0 Å². The van der Waals surface area contributed by atoms with Gasteiger partial charge >= 0.3 is 0 Å². The van der Waals surface area contributed by atoms with Gasteiger partial charge in [-0.1, -0.05) is 23.7 Å². The Morgan fingerprint density at radius 3 is 2.62 bits per heavy atom. The highest BCUT2D eigenvalue weighted by Crippen LogP contribution is 2.40. The minimum atomic E-state index is -0.500. The van der Waals surface area contributed by atoms with E-state index < -0.39 is 4.92 Å². The number of nitro benzene ring substituents is 1. The maximum Gasteiger partial charge on any atom is 0.271 e. The molecule has 0 atom stereocenters. The predicted octanol–water partition coefficient (Wildman–Crippen LogP) is 3.36. The Morgan fingerprint density at radius 2 is 1.88 bits per heavy atom. The van der Waals surface area contributed by atoms with Gasteiger partial charge in [-0.3, -0.25) is 24.4 Å². The van der Waals surface area contributed by atoms with Crippen LogP contribution in [0.3, 0.4) is 0 Å². The van der Waals surface area contributed by atoms with Crippen LogP contribution in [0.4, 0.5) is 17.1 Å². The Hall–Kier alpha value is -3.26. The molecule has 2 heterocycles. The number of nitro groups is 1. The van der Waals surface area contributed by atoms with Crippen molar-refractivity contribution in [2.24, 2.45) is 0 Å². The molecule has 26 heavy (non-hydrogen) atoms. The zero-order valence-corrected chi connectivity index (χ0v) is 14.3. The average Bonchev–Trinajstić information content (AvgIpc) is 2.91. The van der Waals surface area contributed by atoms with Gasteiger partial charge in [-0.15, -0.1) is 10.2 Å². The van der Waals surface area contributed by atoms with Crippen molar-refractivity contribution >= 4 is 34.6 Å². The van der Waals surface area contributed by atoms with E-state index in [4.69, 9.17) is 11.6 Å². The van der Waals surface area contributed by atoms with Crippen LogP contribution in [0.5, 0.6) is 0 Å². The van der Waals surface area contributed by atoms with Gasteiger partial charge in [0, 0.05) is 12.1 Å². The Morgan fingerprint density at radius 1 is 1.12 bits per heavy atom. The number of anilines is 2. The number of para-hydroxylation sites is 1. The quantitative estimate of drug-likeness (QED) is 0.510. The van der Waals surface area contributed by atoms with E-state index in [-0.39, 0.29) is 18.0 Å². The fourth-order valence-electron chi connectivity index (χ4n) is 3.07. The second-order valence-corrected chi connectivity index (χ2v) is 6.19. The molecule has 0 saturated heterocycles. The minimum absolute atomic E-state index is 0.00542. The highest BCUT2D eigenvalue weighted by molar-refractivity contribution is 6.34. The number of halogens is 1. The average molecular weight is 370 g/mol. The minimum Gasteiger partial charge on any atom is -0.281 e. The largest absolute Gasteiger partial charge is 0.281 e. The summed E-state index contributed by atoms with van der Waals surface area (Å²) in [5.74, 6) is 0.757. The molecule has 0 spiro atoms. The number of carbonyl (C=O) groups excluding carboxylic acids is 1. The molecule has 0 aliphatic carbocycles. The van der Waals surface area contributed by atoms with Crippen molar-refractivity contribution in [2.45, 2.75) is 13.3 Å². The smallest absolute Gasteiger partial charge is 0.271 e. The summed E-state index contributed by atoms with van der Waals surface area (Å²) in [6.07, 6.45) is -0.00542. The molecule has 0 saturated carbocycles. The van der Waals surface area contributed by atoms with Gasteiger partial charge in [0.1, 0.15) is 11.6 Å². The number of aryl methyl sites for hydroxylation is 1. The molecule has 3 aromatic rings. The Balaban J connectivity index is 2.05. The predicted molar refractivity (Wildman–Crippen MR) is 95.1 cm³/mol. The maximum atomic E-state index is 13.0. The Bertz CT molecular complexity index is 1060. The van der Waals surface area contributed by atoms with Crippen molar-refractivity contribution in [3.63, 3.8) is 0 Å². The third-order valence-electron chi connectivity index (χ3n) is 4.20. The summed E-state index contributed by atoms with van der Waals surface area (Å²) in [5, 5.41) is 19.7. The fraction of sp³-hybridized carbons (Fsp3) is 0.118. The molecule has 1 aliphatic heterocycles. The Kier molecular flexibility index (Phi) is 3.69. The lowest BCUT2D eigenvalue weighted by atomic mass is 10.2. The standard InChI is InChI=1S/C17H12ClN5O3/c1-10-19-20-16-9-17(24)22(13-5-3-2-4-12(13)18)15-8-11(23(25)26)6-7-14(15)21(10)16/h2-8H,9H2,1H3. The second kappa shape index (κ2) is 5.92. The van der Waals surface area contributed by atoms with Gasteiger partial charge < -0.3 is 0 Å². The van der Waals surface area contributed by atoms with Crippen LogP contribution in [0.15, 0.2) is 42.5 Å². The highest BCUT2D eigenvalue weighted by Gasteiger charge is 2.31. The molecule has 4 rings (SSSR count). The van der Waals surface area contributed by atoms with Crippen LogP contribution in [0.25, 0.3) is 5.69 Å². The SMILES string of the molecule is Cc1nnc2n1-c1ccc([N+](=O)[O-])cc1N(c1ccccc1Cl)C(=O)C2. The first-order valence-electron chi connectivity index (χ1n) is 7.74. The molecule has 130 valence electrons. The van der Waals surface area contributed by atoms with Crippen molar-refractivity contribution in [3.8, 4) is 5.69 Å². The molecule has 0 N–H and O–H groups in total. The number of non-ortho nitro benzene ring substituents is 1. The van der Waals surface area contributed by atoms with Gasteiger partial charge in [-0.25, -0.2) is 0 Å². The molecule has 1 aliphatic rings. The number of benzene rings is 2. The number of aromatic nitrogens is 3. The third-order valence-corrected chi connectivity index (χ3v) is 4.52. The van der Waals surface area contributed by atoms with Gasteiger partial charge in [0.05, 0.1) is 33.4 Å². The Labute approximate surface area is 152 Å². The van der Waals surface area contributed by atoms with Crippen molar-refractivity contribution in [2.75, 3.05) is 4.90 Å². The summed E-state index contributed by atoms with van der Waals surface area (Å²) in [7, 11) is 0. The van der Waals surface area contributed by atoms with Crippen LogP contribution in [-0.2, 0) is 11.2 Å². The van der Waals surface area contributed by atoms with E-state index in [1.54, 1.807) is 41.8 Å². The number of hydrogen-bond acceptors (Lipinski definition) is 5. The summed E-state index contributed by atoms with van der Waals surface area (Å²) in [4.78, 5) is 25.2. The van der Waals surface area contributed by atoms with E-state index in [2.05, 4.69) is 10.2 Å². The zero-order valence-electron chi connectivity index (χ0n) is 13.6. The molecule has 1 aromatic heterocycles. The van der Waals surface area contributed by atoms with E-state index in [1.807, 2.05) is 0 Å². The second-order valence-electron chi connectivity index (χ2n) is 5.79. The lowest BCUT2D eigenvalue weighted by Gasteiger charge is -2.23. The van der Waals surface area contributed by atoms with Crippen LogP contribution < -0.4 is 4.90 Å². The van der Waals surface area contributed by atoms with Crippen molar-refractivity contribution in [1.29, 1.82) is 0 Å². The molecule has 9 heteroatoms. The number of nitrogens with zero attached hydrogens (tertiary/aromatic N) is 5. The number of hydrogen-bond donors (Lipinski definition) is 0. The van der Waals surface area contributed by atoms with Gasteiger partial charge in [-0.05, 0) is 25.1 Å². The van der Waals surface area contributed by atoms with Gasteiger partial charge in [0.15, 0.2) is 0 Å². The van der Waals surface area contributed by atoms with Crippen molar-refractivity contribution < 1.29 is 9.72 Å².